The Balaban J connectivity index is 2.27. The summed E-state index contributed by atoms with van der Waals surface area (Å²) in [6.07, 6.45) is 4.29. The lowest BCUT2D eigenvalue weighted by Crippen LogP contribution is -2.44. The number of likely N-dealkylation sites (tertiary alicyclic amines) is 1. The minimum atomic E-state index is -0.784. The zero-order valence-corrected chi connectivity index (χ0v) is 9.39. The third-order valence-corrected chi connectivity index (χ3v) is 2.98. The third-order valence-electron chi connectivity index (χ3n) is 2.98. The number of carbonyl (C=O) groups is 2. The summed E-state index contributed by atoms with van der Waals surface area (Å²) in [5.74, 6) is -1.54. The van der Waals surface area contributed by atoms with Crippen molar-refractivity contribution in [1.82, 2.24) is 4.90 Å². The van der Waals surface area contributed by atoms with Gasteiger partial charge in [-0.05, 0) is 38.8 Å². The summed E-state index contributed by atoms with van der Waals surface area (Å²) in [5.41, 5.74) is 0. The van der Waals surface area contributed by atoms with Crippen LogP contribution >= 0.6 is 0 Å². The molecule has 5 nitrogen and oxygen atoms in total. The van der Waals surface area contributed by atoms with Crippen molar-refractivity contribution < 1.29 is 19.8 Å². The summed E-state index contributed by atoms with van der Waals surface area (Å²) in [4.78, 5) is 23.3. The van der Waals surface area contributed by atoms with Crippen LogP contribution in [0.25, 0.3) is 0 Å². The lowest BCUT2D eigenvalue weighted by molar-refractivity contribution is -0.144. The number of nitrogens with zero attached hydrogens (tertiary/aromatic N) is 1. The van der Waals surface area contributed by atoms with E-state index in [1.54, 1.807) is 0 Å². The van der Waals surface area contributed by atoms with Gasteiger partial charge >= 0.3 is 11.9 Å². The molecule has 0 saturated carbocycles. The normalized spacial score (nSPS) is 21.9. The van der Waals surface area contributed by atoms with E-state index in [2.05, 4.69) is 0 Å². The largest absolute Gasteiger partial charge is 0.481 e. The molecule has 5 heteroatoms. The highest BCUT2D eigenvalue weighted by molar-refractivity contribution is 5.73. The quantitative estimate of drug-likeness (QED) is 0.669. The Morgan fingerprint density at radius 1 is 1.19 bits per heavy atom. The first-order chi connectivity index (χ1) is 7.61. The molecule has 2 N–H and O–H groups in total. The van der Waals surface area contributed by atoms with E-state index in [0.29, 0.717) is 19.4 Å². The average molecular weight is 229 g/mol. The number of rotatable bonds is 6. The van der Waals surface area contributed by atoms with Crippen molar-refractivity contribution in [2.24, 2.45) is 0 Å². The SMILES string of the molecule is O=C(O)CCCCN1CCCCC1C(=O)O. The molecule has 0 bridgehead atoms. The highest BCUT2D eigenvalue weighted by atomic mass is 16.4. The molecule has 0 radical (unpaired) electrons. The van der Waals surface area contributed by atoms with Crippen molar-refractivity contribution >= 4 is 11.9 Å². The van der Waals surface area contributed by atoms with Crippen LogP contribution in [0.5, 0.6) is 0 Å². The Kier molecular flexibility index (Phi) is 5.25. The van der Waals surface area contributed by atoms with Crippen LogP contribution in [-0.2, 0) is 9.59 Å². The molecule has 0 amide bonds. The van der Waals surface area contributed by atoms with E-state index in [9.17, 15) is 9.59 Å². The van der Waals surface area contributed by atoms with E-state index in [1.165, 1.54) is 0 Å². The molecular formula is C11H19NO4. The molecule has 92 valence electrons. The standard InChI is InChI=1S/C11H19NO4/c13-10(14)6-2-4-8-12-7-3-1-5-9(12)11(15)16/h9H,1-8H2,(H,13,14)(H,15,16). The van der Waals surface area contributed by atoms with Crippen LogP contribution in [0.1, 0.15) is 38.5 Å². The Bertz CT molecular complexity index is 254. The molecule has 1 aliphatic rings. The third kappa shape index (κ3) is 4.18. The predicted octanol–water partition coefficient (Wildman–Crippen LogP) is 1.18. The van der Waals surface area contributed by atoms with E-state index in [4.69, 9.17) is 10.2 Å². The van der Waals surface area contributed by atoms with Gasteiger partial charge < -0.3 is 10.2 Å². The van der Waals surface area contributed by atoms with Crippen molar-refractivity contribution in [2.75, 3.05) is 13.1 Å². The second-order valence-electron chi connectivity index (χ2n) is 4.24. The lowest BCUT2D eigenvalue weighted by atomic mass is 10.0. The van der Waals surface area contributed by atoms with E-state index in [0.717, 1.165) is 25.8 Å². The molecular weight excluding hydrogens is 210 g/mol. The van der Waals surface area contributed by atoms with Gasteiger partial charge in [-0.25, -0.2) is 0 Å². The molecule has 0 spiro atoms. The van der Waals surface area contributed by atoms with Gasteiger partial charge in [-0.1, -0.05) is 6.42 Å². The number of hydrogen-bond donors (Lipinski definition) is 2. The first-order valence-corrected chi connectivity index (χ1v) is 5.80. The van der Waals surface area contributed by atoms with Crippen LogP contribution in [0.4, 0.5) is 0 Å². The topological polar surface area (TPSA) is 77.8 Å². The molecule has 1 heterocycles. The first kappa shape index (κ1) is 13.0. The molecule has 0 aromatic carbocycles. The van der Waals surface area contributed by atoms with Crippen LogP contribution in [0.3, 0.4) is 0 Å². The van der Waals surface area contributed by atoms with Crippen LogP contribution in [0.15, 0.2) is 0 Å². The van der Waals surface area contributed by atoms with Crippen molar-refractivity contribution in [3.8, 4) is 0 Å². The van der Waals surface area contributed by atoms with Crippen LogP contribution in [0, 0.1) is 0 Å². The van der Waals surface area contributed by atoms with Crippen molar-refractivity contribution in [1.29, 1.82) is 0 Å². The molecule has 1 rings (SSSR count). The predicted molar refractivity (Wildman–Crippen MR) is 58.3 cm³/mol. The highest BCUT2D eigenvalue weighted by Crippen LogP contribution is 2.17. The number of unbranched alkanes of at least 4 members (excludes halogenated alkanes) is 1. The first-order valence-electron chi connectivity index (χ1n) is 5.80. The molecule has 0 aromatic heterocycles. The second-order valence-corrected chi connectivity index (χ2v) is 4.24. The Hall–Kier alpha value is -1.10. The van der Waals surface area contributed by atoms with Crippen LogP contribution in [0.2, 0.25) is 0 Å². The molecule has 1 atom stereocenters. The molecule has 1 fully saturated rings. The van der Waals surface area contributed by atoms with Gasteiger partial charge in [0.25, 0.3) is 0 Å². The summed E-state index contributed by atoms with van der Waals surface area (Å²) in [6.45, 7) is 1.52. The average Bonchev–Trinajstić information content (AvgIpc) is 2.24. The Morgan fingerprint density at radius 2 is 1.94 bits per heavy atom. The van der Waals surface area contributed by atoms with Crippen molar-refractivity contribution in [3.05, 3.63) is 0 Å². The minimum absolute atomic E-state index is 0.172. The van der Waals surface area contributed by atoms with E-state index in [-0.39, 0.29) is 12.5 Å². The fourth-order valence-corrected chi connectivity index (χ4v) is 2.13. The number of carboxylic acid groups (broad SMARTS) is 2. The number of aliphatic carboxylic acids is 2. The number of hydrogen-bond acceptors (Lipinski definition) is 3. The van der Waals surface area contributed by atoms with Gasteiger partial charge in [0.2, 0.25) is 0 Å². The lowest BCUT2D eigenvalue weighted by Gasteiger charge is -2.32. The van der Waals surface area contributed by atoms with E-state index in [1.807, 2.05) is 4.90 Å². The fourth-order valence-electron chi connectivity index (χ4n) is 2.13. The Labute approximate surface area is 95.1 Å². The van der Waals surface area contributed by atoms with E-state index >= 15 is 0 Å². The fraction of sp³-hybridized carbons (Fsp3) is 0.818. The van der Waals surface area contributed by atoms with Crippen LogP contribution < -0.4 is 0 Å². The van der Waals surface area contributed by atoms with Gasteiger partial charge in [-0.3, -0.25) is 14.5 Å². The summed E-state index contributed by atoms with van der Waals surface area (Å²) < 4.78 is 0. The monoisotopic (exact) mass is 229 g/mol. The van der Waals surface area contributed by atoms with Crippen molar-refractivity contribution in [3.63, 3.8) is 0 Å². The maximum Gasteiger partial charge on any atom is 0.320 e. The van der Waals surface area contributed by atoms with Crippen molar-refractivity contribution in [2.45, 2.75) is 44.6 Å². The highest BCUT2D eigenvalue weighted by Gasteiger charge is 2.27. The summed E-state index contributed by atoms with van der Waals surface area (Å²) in [7, 11) is 0. The van der Waals surface area contributed by atoms with E-state index < -0.39 is 11.9 Å². The summed E-state index contributed by atoms with van der Waals surface area (Å²) in [6, 6.07) is -0.362. The van der Waals surface area contributed by atoms with Gasteiger partial charge in [-0.2, -0.15) is 0 Å². The molecule has 16 heavy (non-hydrogen) atoms. The number of carboxylic acids is 2. The van der Waals surface area contributed by atoms with Gasteiger partial charge in [0.1, 0.15) is 6.04 Å². The van der Waals surface area contributed by atoms with Gasteiger partial charge in [0.15, 0.2) is 0 Å². The number of piperidine rings is 1. The second kappa shape index (κ2) is 6.48. The van der Waals surface area contributed by atoms with Gasteiger partial charge in [-0.15, -0.1) is 0 Å². The van der Waals surface area contributed by atoms with Gasteiger partial charge in [0.05, 0.1) is 0 Å². The zero-order valence-electron chi connectivity index (χ0n) is 9.39. The molecule has 1 unspecified atom stereocenters. The van der Waals surface area contributed by atoms with Gasteiger partial charge in [0, 0.05) is 6.42 Å². The minimum Gasteiger partial charge on any atom is -0.481 e. The smallest absolute Gasteiger partial charge is 0.320 e. The molecule has 1 saturated heterocycles. The van der Waals surface area contributed by atoms with Crippen LogP contribution in [-0.4, -0.2) is 46.2 Å². The maximum absolute atomic E-state index is 11.0. The summed E-state index contributed by atoms with van der Waals surface area (Å²) >= 11 is 0. The maximum atomic E-state index is 11.0. The molecule has 0 aliphatic carbocycles. The Morgan fingerprint density at radius 3 is 2.56 bits per heavy atom. The zero-order chi connectivity index (χ0) is 12.0. The summed E-state index contributed by atoms with van der Waals surface area (Å²) in [5, 5.41) is 17.5. The molecule has 1 aliphatic heterocycles. The molecule has 0 aromatic rings.